The van der Waals surface area contributed by atoms with Crippen molar-refractivity contribution in [3.05, 3.63) is 0 Å². The Labute approximate surface area is 95.5 Å². The predicted octanol–water partition coefficient (Wildman–Crippen LogP) is 3.36. The number of hydrogen-bond acceptors (Lipinski definition) is 2. The molecule has 4 heteroatoms. The van der Waals surface area contributed by atoms with Gasteiger partial charge in [0.1, 0.15) is 0 Å². The lowest BCUT2D eigenvalue weighted by molar-refractivity contribution is 0.214. The van der Waals surface area contributed by atoms with Crippen LogP contribution in [0.3, 0.4) is 0 Å². The molecule has 0 spiro atoms. The van der Waals surface area contributed by atoms with Crippen LogP contribution in [0.25, 0.3) is 0 Å². The Morgan fingerprint density at radius 1 is 0.786 bits per heavy atom. The molecular formula is C10H23BClO2. The van der Waals surface area contributed by atoms with Crippen LogP contribution in [0.15, 0.2) is 0 Å². The first-order chi connectivity index (χ1) is 6.41. The molecule has 0 rings (SSSR count). The van der Waals surface area contributed by atoms with E-state index in [1.165, 1.54) is 33.4 Å². The Hall–Kier alpha value is 0.275. The van der Waals surface area contributed by atoms with E-state index in [0.29, 0.717) is 0 Å². The lowest BCUT2D eigenvalue weighted by Crippen LogP contribution is -2.06. The molecule has 0 N–H and O–H groups in total. The molecule has 0 aliphatic heterocycles. The quantitative estimate of drug-likeness (QED) is 0.416. The largest absolute Gasteiger partial charge is 0.487 e. The molecule has 0 unspecified atom stereocenters. The number of rotatable bonds is 10. The van der Waals surface area contributed by atoms with Crippen LogP contribution < -0.4 is 0 Å². The van der Waals surface area contributed by atoms with E-state index in [9.17, 15) is 0 Å². The molecule has 0 fully saturated rings. The molecule has 0 aromatic rings. The molecule has 0 aliphatic carbocycles. The van der Waals surface area contributed by atoms with E-state index in [0.717, 1.165) is 26.1 Å². The first-order valence-corrected chi connectivity index (χ1v) is 5.46. The van der Waals surface area contributed by atoms with E-state index in [2.05, 4.69) is 13.8 Å². The summed E-state index contributed by atoms with van der Waals surface area (Å²) in [7, 11) is 1.49. The SMILES string of the molecule is CCCCCO[B]OCCCCC.Cl. The van der Waals surface area contributed by atoms with Gasteiger partial charge in [0.2, 0.25) is 0 Å². The van der Waals surface area contributed by atoms with Gasteiger partial charge in [-0.05, 0) is 12.8 Å². The molecular weight excluding hydrogens is 198 g/mol. The fourth-order valence-corrected chi connectivity index (χ4v) is 1.02. The molecule has 1 radical (unpaired) electrons. The Morgan fingerprint density at radius 2 is 1.21 bits per heavy atom. The summed E-state index contributed by atoms with van der Waals surface area (Å²) in [6.07, 6.45) is 7.21. The molecule has 2 nitrogen and oxygen atoms in total. The number of unbranched alkanes of at least 4 members (excludes halogenated alkanes) is 4. The number of halogens is 1. The molecule has 14 heavy (non-hydrogen) atoms. The lowest BCUT2D eigenvalue weighted by atomic mass is 10.2. The van der Waals surface area contributed by atoms with E-state index in [4.69, 9.17) is 9.31 Å². The van der Waals surface area contributed by atoms with Gasteiger partial charge in [-0.1, -0.05) is 39.5 Å². The van der Waals surface area contributed by atoms with Gasteiger partial charge in [-0.25, -0.2) is 0 Å². The maximum Gasteiger partial charge on any atom is 0.487 e. The fourth-order valence-electron chi connectivity index (χ4n) is 1.02. The first kappa shape index (κ1) is 16.7. The zero-order valence-electron chi connectivity index (χ0n) is 9.46. The molecule has 0 heterocycles. The topological polar surface area (TPSA) is 18.5 Å². The highest BCUT2D eigenvalue weighted by atomic mass is 35.5. The third-order valence-electron chi connectivity index (χ3n) is 1.87. The van der Waals surface area contributed by atoms with E-state index in [1.54, 1.807) is 0 Å². The van der Waals surface area contributed by atoms with E-state index >= 15 is 0 Å². The molecule has 0 amide bonds. The monoisotopic (exact) mass is 221 g/mol. The van der Waals surface area contributed by atoms with Crippen molar-refractivity contribution in [2.75, 3.05) is 13.2 Å². The Balaban J connectivity index is 0. The van der Waals surface area contributed by atoms with Crippen LogP contribution in [-0.2, 0) is 9.31 Å². The minimum absolute atomic E-state index is 0. The highest BCUT2D eigenvalue weighted by molar-refractivity contribution is 6.17. The average molecular weight is 222 g/mol. The highest BCUT2D eigenvalue weighted by Gasteiger charge is 1.93. The van der Waals surface area contributed by atoms with Crippen molar-refractivity contribution < 1.29 is 9.31 Å². The predicted molar refractivity (Wildman–Crippen MR) is 64.0 cm³/mol. The van der Waals surface area contributed by atoms with Crippen molar-refractivity contribution >= 4 is 20.1 Å². The molecule has 0 saturated heterocycles. The Bertz CT molecular complexity index is 84.2. The van der Waals surface area contributed by atoms with Gasteiger partial charge in [0, 0.05) is 13.2 Å². The van der Waals surface area contributed by atoms with E-state index < -0.39 is 0 Å². The van der Waals surface area contributed by atoms with Gasteiger partial charge < -0.3 is 9.31 Å². The van der Waals surface area contributed by atoms with E-state index in [1.807, 2.05) is 0 Å². The van der Waals surface area contributed by atoms with Crippen LogP contribution in [0.2, 0.25) is 0 Å². The molecule has 0 bridgehead atoms. The van der Waals surface area contributed by atoms with Crippen molar-refractivity contribution in [3.8, 4) is 0 Å². The van der Waals surface area contributed by atoms with Crippen LogP contribution in [0.4, 0.5) is 0 Å². The second-order valence-corrected chi connectivity index (χ2v) is 3.25. The van der Waals surface area contributed by atoms with E-state index in [-0.39, 0.29) is 12.4 Å². The molecule has 0 atom stereocenters. The summed E-state index contributed by atoms with van der Waals surface area (Å²) in [6.45, 7) is 5.96. The van der Waals surface area contributed by atoms with Crippen LogP contribution >= 0.6 is 12.4 Å². The summed E-state index contributed by atoms with van der Waals surface area (Å²) in [5, 5.41) is 0. The van der Waals surface area contributed by atoms with Gasteiger partial charge in [0.25, 0.3) is 0 Å². The summed E-state index contributed by atoms with van der Waals surface area (Å²) >= 11 is 0. The van der Waals surface area contributed by atoms with Crippen molar-refractivity contribution in [1.29, 1.82) is 0 Å². The van der Waals surface area contributed by atoms with Gasteiger partial charge in [-0.2, -0.15) is 0 Å². The van der Waals surface area contributed by atoms with Gasteiger partial charge in [-0.3, -0.25) is 0 Å². The Morgan fingerprint density at radius 3 is 1.57 bits per heavy atom. The minimum Gasteiger partial charge on any atom is -0.413 e. The molecule has 0 aromatic carbocycles. The zero-order chi connectivity index (χ0) is 9.78. The summed E-state index contributed by atoms with van der Waals surface area (Å²) in [4.78, 5) is 0. The summed E-state index contributed by atoms with van der Waals surface area (Å²) < 4.78 is 10.3. The summed E-state index contributed by atoms with van der Waals surface area (Å²) in [5.41, 5.74) is 0. The highest BCUT2D eigenvalue weighted by Crippen LogP contribution is 1.95. The van der Waals surface area contributed by atoms with Gasteiger partial charge >= 0.3 is 7.69 Å². The van der Waals surface area contributed by atoms with Crippen molar-refractivity contribution in [1.82, 2.24) is 0 Å². The average Bonchev–Trinajstić information content (AvgIpc) is 2.16. The summed E-state index contributed by atoms with van der Waals surface area (Å²) in [5.74, 6) is 0. The molecule has 0 aliphatic rings. The normalized spacial score (nSPS) is 9.57. The lowest BCUT2D eigenvalue weighted by Gasteiger charge is -2.02. The third kappa shape index (κ3) is 14.8. The standard InChI is InChI=1S/C10H22BO2.ClH/c1-3-5-7-9-12-11-13-10-8-6-4-2;/h3-10H2,1-2H3;1H. The van der Waals surface area contributed by atoms with Crippen LogP contribution in [-0.4, -0.2) is 20.9 Å². The smallest absolute Gasteiger partial charge is 0.413 e. The maximum atomic E-state index is 5.17. The summed E-state index contributed by atoms with van der Waals surface area (Å²) in [6, 6.07) is 0. The van der Waals surface area contributed by atoms with Crippen LogP contribution in [0, 0.1) is 0 Å². The Kier molecular flexibility index (Phi) is 18.8. The molecule has 0 saturated carbocycles. The first-order valence-electron chi connectivity index (χ1n) is 5.46. The molecule has 0 aromatic heterocycles. The number of hydrogen-bond donors (Lipinski definition) is 0. The molecule has 85 valence electrons. The van der Waals surface area contributed by atoms with Gasteiger partial charge in [0.15, 0.2) is 0 Å². The van der Waals surface area contributed by atoms with Crippen LogP contribution in [0.1, 0.15) is 52.4 Å². The van der Waals surface area contributed by atoms with Crippen molar-refractivity contribution in [3.63, 3.8) is 0 Å². The van der Waals surface area contributed by atoms with Gasteiger partial charge in [0.05, 0.1) is 0 Å². The second-order valence-electron chi connectivity index (χ2n) is 3.25. The van der Waals surface area contributed by atoms with Crippen LogP contribution in [0.5, 0.6) is 0 Å². The van der Waals surface area contributed by atoms with Gasteiger partial charge in [-0.15, -0.1) is 12.4 Å². The third-order valence-corrected chi connectivity index (χ3v) is 1.87. The fraction of sp³-hybridized carbons (Fsp3) is 1.00. The second kappa shape index (κ2) is 15.7. The van der Waals surface area contributed by atoms with Crippen molar-refractivity contribution in [2.45, 2.75) is 52.4 Å². The van der Waals surface area contributed by atoms with Crippen molar-refractivity contribution in [2.24, 2.45) is 0 Å². The minimum atomic E-state index is 0. The zero-order valence-corrected chi connectivity index (χ0v) is 10.3. The maximum absolute atomic E-state index is 5.17.